The number of ether oxygens (including phenoxy) is 1. The largest absolute Gasteiger partial charge is 0.497 e. The van der Waals surface area contributed by atoms with E-state index in [-0.39, 0.29) is 6.03 Å². The molecule has 1 N–H and O–H groups in total. The molecule has 1 aliphatic carbocycles. The molecule has 2 aliphatic rings. The molecule has 1 atom stereocenters. The SMILES string of the molecule is COc1ccc(NC(=O)N2CCN(c3nc(Cc4ccccc4)nc4sc5c(c34)CCC(C)C5)CC2)cc1. The summed E-state index contributed by atoms with van der Waals surface area (Å²) in [5.41, 5.74) is 3.43. The second-order valence-electron chi connectivity index (χ2n) is 10.3. The molecule has 2 amide bonds. The maximum atomic E-state index is 13.0. The van der Waals surface area contributed by atoms with E-state index in [2.05, 4.69) is 41.4 Å². The summed E-state index contributed by atoms with van der Waals surface area (Å²) < 4.78 is 5.21. The van der Waals surface area contributed by atoms with Crippen LogP contribution in [0.2, 0.25) is 0 Å². The molecule has 0 spiro atoms. The molecule has 1 aliphatic heterocycles. The predicted octanol–water partition coefficient (Wildman–Crippen LogP) is 5.77. The van der Waals surface area contributed by atoms with Crippen molar-refractivity contribution in [2.24, 2.45) is 5.92 Å². The summed E-state index contributed by atoms with van der Waals surface area (Å²) in [6.45, 7) is 5.12. The van der Waals surface area contributed by atoms with Crippen LogP contribution in [0.25, 0.3) is 10.2 Å². The molecule has 4 aromatic rings. The lowest BCUT2D eigenvalue weighted by atomic mass is 9.89. The van der Waals surface area contributed by atoms with Crippen LogP contribution in [-0.4, -0.2) is 54.2 Å². The molecule has 2 aromatic heterocycles. The van der Waals surface area contributed by atoms with Gasteiger partial charge in [0, 0.05) is 43.2 Å². The number of carbonyl (C=O) groups excluding carboxylic acids is 1. The molecule has 7 nitrogen and oxygen atoms in total. The lowest BCUT2D eigenvalue weighted by molar-refractivity contribution is 0.208. The predicted molar refractivity (Wildman–Crippen MR) is 154 cm³/mol. The van der Waals surface area contributed by atoms with Gasteiger partial charge in [-0.25, -0.2) is 14.8 Å². The van der Waals surface area contributed by atoms with Crippen LogP contribution in [0.3, 0.4) is 0 Å². The number of anilines is 2. The molecule has 1 unspecified atom stereocenters. The first kappa shape index (κ1) is 24.7. The molecule has 0 bridgehead atoms. The van der Waals surface area contributed by atoms with E-state index in [0.717, 1.165) is 53.8 Å². The zero-order valence-corrected chi connectivity index (χ0v) is 22.8. The number of amides is 2. The van der Waals surface area contributed by atoms with Crippen molar-refractivity contribution in [2.45, 2.75) is 32.6 Å². The van der Waals surface area contributed by atoms with Crippen molar-refractivity contribution in [1.29, 1.82) is 0 Å². The Morgan fingerprint density at radius 2 is 1.82 bits per heavy atom. The third kappa shape index (κ3) is 5.05. The Bertz CT molecular complexity index is 1430. The number of nitrogens with one attached hydrogen (secondary N) is 1. The van der Waals surface area contributed by atoms with Crippen molar-refractivity contribution in [1.82, 2.24) is 14.9 Å². The second kappa shape index (κ2) is 10.6. The number of hydrogen-bond acceptors (Lipinski definition) is 6. The van der Waals surface area contributed by atoms with Gasteiger partial charge in [0.05, 0.1) is 12.5 Å². The van der Waals surface area contributed by atoms with Gasteiger partial charge in [-0.2, -0.15) is 0 Å². The summed E-state index contributed by atoms with van der Waals surface area (Å²) in [4.78, 5) is 30.0. The summed E-state index contributed by atoms with van der Waals surface area (Å²) in [6.07, 6.45) is 4.15. The van der Waals surface area contributed by atoms with E-state index < -0.39 is 0 Å². The lowest BCUT2D eigenvalue weighted by Gasteiger charge is -2.36. The molecule has 1 saturated heterocycles. The quantitative estimate of drug-likeness (QED) is 0.357. The van der Waals surface area contributed by atoms with Crippen molar-refractivity contribution >= 4 is 39.1 Å². The lowest BCUT2D eigenvalue weighted by Crippen LogP contribution is -2.50. The normalized spacial score (nSPS) is 17.4. The second-order valence-corrected chi connectivity index (χ2v) is 11.4. The maximum absolute atomic E-state index is 13.0. The number of thiophene rings is 1. The molecule has 1 fully saturated rings. The monoisotopic (exact) mass is 527 g/mol. The van der Waals surface area contributed by atoms with Crippen molar-refractivity contribution in [2.75, 3.05) is 43.5 Å². The number of fused-ring (bicyclic) bond motifs is 3. The fourth-order valence-corrected chi connectivity index (χ4v) is 6.85. The van der Waals surface area contributed by atoms with Gasteiger partial charge in [-0.3, -0.25) is 0 Å². The van der Waals surface area contributed by atoms with Gasteiger partial charge in [0.1, 0.15) is 22.2 Å². The number of urea groups is 1. The standard InChI is InChI=1S/C30H33N5O2S/c1-20-8-13-24-25(18-20)38-29-27(24)28(32-26(33-29)19-21-6-4-3-5-7-21)34-14-16-35(17-15-34)30(36)31-22-9-11-23(37-2)12-10-22/h3-7,9-12,20H,8,13-19H2,1-2H3,(H,31,36). The summed E-state index contributed by atoms with van der Waals surface area (Å²) in [7, 11) is 1.63. The average molecular weight is 528 g/mol. The number of rotatable bonds is 5. The molecule has 0 radical (unpaired) electrons. The third-order valence-corrected chi connectivity index (χ3v) is 8.74. The summed E-state index contributed by atoms with van der Waals surface area (Å²) >= 11 is 1.85. The summed E-state index contributed by atoms with van der Waals surface area (Å²) in [5, 5.41) is 4.25. The minimum atomic E-state index is -0.0747. The van der Waals surface area contributed by atoms with Gasteiger partial charge in [0.2, 0.25) is 0 Å². The first-order valence-corrected chi connectivity index (χ1v) is 14.2. The van der Waals surface area contributed by atoms with Crippen LogP contribution >= 0.6 is 11.3 Å². The van der Waals surface area contributed by atoms with Crippen molar-refractivity contribution in [3.63, 3.8) is 0 Å². The fourth-order valence-electron chi connectivity index (χ4n) is 5.45. The number of hydrogen-bond donors (Lipinski definition) is 1. The molecular formula is C30H33N5O2S. The molecule has 0 saturated carbocycles. The number of methoxy groups -OCH3 is 1. The Morgan fingerprint density at radius 1 is 1.05 bits per heavy atom. The Labute approximate surface area is 227 Å². The maximum Gasteiger partial charge on any atom is 0.321 e. The highest BCUT2D eigenvalue weighted by Gasteiger charge is 2.28. The molecule has 2 aromatic carbocycles. The zero-order chi connectivity index (χ0) is 26.1. The first-order chi connectivity index (χ1) is 18.6. The average Bonchev–Trinajstić information content (AvgIpc) is 3.31. The topological polar surface area (TPSA) is 70.6 Å². The highest BCUT2D eigenvalue weighted by Crippen LogP contribution is 2.41. The van der Waals surface area contributed by atoms with Gasteiger partial charge in [-0.05, 0) is 60.6 Å². The minimum absolute atomic E-state index is 0.0747. The summed E-state index contributed by atoms with van der Waals surface area (Å²) in [5.74, 6) is 3.39. The minimum Gasteiger partial charge on any atom is -0.497 e. The fraction of sp³-hybridized carbons (Fsp3) is 0.367. The van der Waals surface area contributed by atoms with E-state index >= 15 is 0 Å². The van der Waals surface area contributed by atoms with Crippen LogP contribution in [0.4, 0.5) is 16.3 Å². The summed E-state index contributed by atoms with van der Waals surface area (Å²) in [6, 6.07) is 17.8. The van der Waals surface area contributed by atoms with E-state index in [1.807, 2.05) is 46.6 Å². The molecule has 3 heterocycles. The Kier molecular flexibility index (Phi) is 6.89. The van der Waals surface area contributed by atoms with E-state index in [0.29, 0.717) is 25.4 Å². The van der Waals surface area contributed by atoms with Gasteiger partial charge in [0.25, 0.3) is 0 Å². The number of aryl methyl sites for hydroxylation is 1. The molecule has 38 heavy (non-hydrogen) atoms. The van der Waals surface area contributed by atoms with E-state index in [1.165, 1.54) is 27.8 Å². The van der Waals surface area contributed by atoms with Gasteiger partial charge < -0.3 is 19.9 Å². The van der Waals surface area contributed by atoms with Gasteiger partial charge >= 0.3 is 6.03 Å². The van der Waals surface area contributed by atoms with E-state index in [9.17, 15) is 4.79 Å². The molecule has 8 heteroatoms. The van der Waals surface area contributed by atoms with Gasteiger partial charge in [0.15, 0.2) is 0 Å². The smallest absolute Gasteiger partial charge is 0.321 e. The number of benzene rings is 2. The number of piperazine rings is 1. The molecule has 6 rings (SSSR count). The van der Waals surface area contributed by atoms with Crippen LogP contribution in [0.5, 0.6) is 5.75 Å². The Hall–Kier alpha value is -3.65. The van der Waals surface area contributed by atoms with Crippen LogP contribution in [0.1, 0.15) is 35.2 Å². The highest BCUT2D eigenvalue weighted by molar-refractivity contribution is 7.19. The van der Waals surface area contributed by atoms with Crippen LogP contribution in [-0.2, 0) is 19.3 Å². The first-order valence-electron chi connectivity index (χ1n) is 13.4. The van der Waals surface area contributed by atoms with E-state index in [4.69, 9.17) is 14.7 Å². The van der Waals surface area contributed by atoms with Gasteiger partial charge in [-0.15, -0.1) is 11.3 Å². The van der Waals surface area contributed by atoms with Crippen LogP contribution < -0.4 is 15.0 Å². The van der Waals surface area contributed by atoms with Crippen LogP contribution in [0.15, 0.2) is 54.6 Å². The Morgan fingerprint density at radius 3 is 2.55 bits per heavy atom. The third-order valence-electron chi connectivity index (χ3n) is 7.60. The van der Waals surface area contributed by atoms with Crippen molar-refractivity contribution in [3.8, 4) is 5.75 Å². The Balaban J connectivity index is 1.24. The molecule has 196 valence electrons. The van der Waals surface area contributed by atoms with E-state index in [1.54, 1.807) is 7.11 Å². The number of nitrogens with zero attached hydrogens (tertiary/aromatic N) is 4. The highest BCUT2D eigenvalue weighted by atomic mass is 32.1. The zero-order valence-electron chi connectivity index (χ0n) is 21.9. The van der Waals surface area contributed by atoms with Crippen molar-refractivity contribution < 1.29 is 9.53 Å². The van der Waals surface area contributed by atoms with Gasteiger partial charge in [-0.1, -0.05) is 37.3 Å². The van der Waals surface area contributed by atoms with Crippen molar-refractivity contribution in [3.05, 3.63) is 76.4 Å². The van der Waals surface area contributed by atoms with Crippen LogP contribution in [0, 0.1) is 5.92 Å². The number of aromatic nitrogens is 2. The molecular weight excluding hydrogens is 494 g/mol. The number of carbonyl (C=O) groups is 1.